The Kier molecular flexibility index (Phi) is 4.37. The molecule has 0 bridgehead atoms. The van der Waals surface area contributed by atoms with Crippen molar-refractivity contribution in [2.45, 2.75) is 12.5 Å². The molecule has 0 saturated heterocycles. The predicted octanol–water partition coefficient (Wildman–Crippen LogP) is 2.36. The van der Waals surface area contributed by atoms with E-state index < -0.39 is 11.4 Å². The first-order valence-electron chi connectivity index (χ1n) is 6.40. The van der Waals surface area contributed by atoms with E-state index in [1.54, 1.807) is 25.1 Å². The third-order valence-corrected chi connectivity index (χ3v) is 3.27. The van der Waals surface area contributed by atoms with Crippen LogP contribution in [0.1, 0.15) is 11.1 Å². The van der Waals surface area contributed by atoms with E-state index in [0.717, 1.165) is 5.56 Å². The fourth-order valence-corrected chi connectivity index (χ4v) is 1.93. The first-order valence-corrected chi connectivity index (χ1v) is 6.40. The average molecular weight is 275 g/mol. The average Bonchev–Trinajstić information content (AvgIpc) is 2.49. The lowest BCUT2D eigenvalue weighted by Crippen LogP contribution is -2.46. The summed E-state index contributed by atoms with van der Waals surface area (Å²) in [6.07, 6.45) is 0. The molecule has 0 radical (unpaired) electrons. The van der Waals surface area contributed by atoms with Gasteiger partial charge in [0.05, 0.1) is 12.1 Å². The van der Waals surface area contributed by atoms with Crippen molar-refractivity contribution in [3.05, 3.63) is 65.5 Å². The Morgan fingerprint density at radius 3 is 2.50 bits per heavy atom. The molecular weight excluding hydrogens is 257 g/mol. The van der Waals surface area contributed by atoms with Crippen LogP contribution >= 0.6 is 0 Å². The third kappa shape index (κ3) is 2.98. The van der Waals surface area contributed by atoms with Crippen molar-refractivity contribution in [3.63, 3.8) is 0 Å². The summed E-state index contributed by atoms with van der Waals surface area (Å²) in [5.74, 6) is -0.259. The Hall–Kier alpha value is -1.91. The van der Waals surface area contributed by atoms with Gasteiger partial charge < -0.3 is 15.6 Å². The van der Waals surface area contributed by atoms with Crippen LogP contribution in [-0.4, -0.2) is 18.3 Å². The fourth-order valence-electron chi connectivity index (χ4n) is 1.93. The highest BCUT2D eigenvalue weighted by atomic mass is 19.1. The minimum absolute atomic E-state index is 0.00606. The van der Waals surface area contributed by atoms with Gasteiger partial charge in [-0.2, -0.15) is 0 Å². The molecule has 0 heterocycles. The Bertz CT molecular complexity index is 574. The van der Waals surface area contributed by atoms with Gasteiger partial charge in [-0.3, -0.25) is 0 Å². The van der Waals surface area contributed by atoms with Gasteiger partial charge in [0.15, 0.2) is 11.6 Å². The maximum Gasteiger partial charge on any atom is 0.167 e. The number of aliphatic hydroxyl groups is 1. The number of aliphatic hydroxyl groups excluding tert-OH is 1. The lowest BCUT2D eigenvalue weighted by molar-refractivity contribution is 0.130. The largest absolute Gasteiger partial charge is 0.488 e. The standard InChI is InChI=1S/C16H18FNO2/c1-12-6-5-9-14(15(12)17)20-11-16(18,10-19)13-7-3-2-4-8-13/h2-9,19H,10-11,18H2,1H3. The summed E-state index contributed by atoms with van der Waals surface area (Å²) in [5.41, 5.74) is 6.35. The molecule has 0 amide bonds. The second-order valence-corrected chi connectivity index (χ2v) is 4.86. The van der Waals surface area contributed by atoms with Gasteiger partial charge >= 0.3 is 0 Å². The van der Waals surface area contributed by atoms with Crippen LogP contribution in [-0.2, 0) is 5.54 Å². The quantitative estimate of drug-likeness (QED) is 0.880. The molecular formula is C16H18FNO2. The maximum absolute atomic E-state index is 13.9. The number of aryl methyl sites for hydroxylation is 1. The first kappa shape index (κ1) is 14.5. The number of benzene rings is 2. The van der Waals surface area contributed by atoms with Gasteiger partial charge in [0.1, 0.15) is 6.61 Å². The molecule has 106 valence electrons. The van der Waals surface area contributed by atoms with Crippen molar-refractivity contribution in [2.75, 3.05) is 13.2 Å². The lowest BCUT2D eigenvalue weighted by atomic mass is 9.93. The maximum atomic E-state index is 13.9. The molecule has 0 fully saturated rings. The Morgan fingerprint density at radius 1 is 1.15 bits per heavy atom. The van der Waals surface area contributed by atoms with Gasteiger partial charge in [-0.05, 0) is 24.1 Å². The van der Waals surface area contributed by atoms with Crippen LogP contribution in [0.25, 0.3) is 0 Å². The molecule has 4 heteroatoms. The molecule has 3 nitrogen and oxygen atoms in total. The Morgan fingerprint density at radius 2 is 1.85 bits per heavy atom. The summed E-state index contributed by atoms with van der Waals surface area (Å²) in [6.45, 7) is 1.37. The van der Waals surface area contributed by atoms with Crippen molar-refractivity contribution >= 4 is 0 Å². The summed E-state index contributed by atoms with van der Waals surface area (Å²) in [6, 6.07) is 14.1. The molecule has 20 heavy (non-hydrogen) atoms. The second-order valence-electron chi connectivity index (χ2n) is 4.86. The minimum atomic E-state index is -1.06. The summed E-state index contributed by atoms with van der Waals surface area (Å²) in [4.78, 5) is 0. The predicted molar refractivity (Wildman–Crippen MR) is 76.0 cm³/mol. The topological polar surface area (TPSA) is 55.5 Å². The zero-order valence-corrected chi connectivity index (χ0v) is 11.3. The summed E-state index contributed by atoms with van der Waals surface area (Å²) in [7, 11) is 0. The van der Waals surface area contributed by atoms with Crippen molar-refractivity contribution in [3.8, 4) is 5.75 Å². The van der Waals surface area contributed by atoms with E-state index in [9.17, 15) is 9.50 Å². The molecule has 0 aromatic heterocycles. The third-order valence-electron chi connectivity index (χ3n) is 3.27. The van der Waals surface area contributed by atoms with Gasteiger partial charge in [0.2, 0.25) is 0 Å². The molecule has 0 aliphatic carbocycles. The molecule has 2 rings (SSSR count). The van der Waals surface area contributed by atoms with Gasteiger partial charge in [-0.1, -0.05) is 42.5 Å². The molecule has 2 aromatic carbocycles. The molecule has 0 spiro atoms. The van der Waals surface area contributed by atoms with Gasteiger partial charge in [0, 0.05) is 0 Å². The van der Waals surface area contributed by atoms with Crippen LogP contribution in [0.4, 0.5) is 4.39 Å². The van der Waals surface area contributed by atoms with Gasteiger partial charge in [-0.15, -0.1) is 0 Å². The molecule has 0 aliphatic rings. The number of rotatable bonds is 5. The molecule has 0 aliphatic heterocycles. The summed E-state index contributed by atoms with van der Waals surface area (Å²) < 4.78 is 19.3. The van der Waals surface area contributed by atoms with Crippen LogP contribution < -0.4 is 10.5 Å². The van der Waals surface area contributed by atoms with E-state index in [4.69, 9.17) is 10.5 Å². The minimum Gasteiger partial charge on any atom is -0.488 e. The number of hydrogen-bond acceptors (Lipinski definition) is 3. The van der Waals surface area contributed by atoms with E-state index in [1.807, 2.05) is 30.3 Å². The Balaban J connectivity index is 2.17. The summed E-state index contributed by atoms with van der Waals surface area (Å²) >= 11 is 0. The molecule has 3 N–H and O–H groups in total. The highest BCUT2D eigenvalue weighted by molar-refractivity contribution is 5.31. The van der Waals surface area contributed by atoms with E-state index >= 15 is 0 Å². The highest BCUT2D eigenvalue weighted by Crippen LogP contribution is 2.23. The monoisotopic (exact) mass is 275 g/mol. The normalized spacial score (nSPS) is 13.8. The van der Waals surface area contributed by atoms with Crippen LogP contribution in [0.3, 0.4) is 0 Å². The molecule has 1 unspecified atom stereocenters. The van der Waals surface area contributed by atoms with E-state index in [1.165, 1.54) is 0 Å². The first-order chi connectivity index (χ1) is 9.57. The number of halogens is 1. The van der Waals surface area contributed by atoms with Crippen LogP contribution in [0.5, 0.6) is 5.75 Å². The van der Waals surface area contributed by atoms with E-state index in [2.05, 4.69) is 0 Å². The van der Waals surface area contributed by atoms with Gasteiger partial charge in [-0.25, -0.2) is 4.39 Å². The highest BCUT2D eigenvalue weighted by Gasteiger charge is 2.28. The van der Waals surface area contributed by atoms with Crippen molar-refractivity contribution in [1.29, 1.82) is 0 Å². The second kappa shape index (κ2) is 6.03. The molecule has 1 atom stereocenters. The van der Waals surface area contributed by atoms with Crippen molar-refractivity contribution in [2.24, 2.45) is 5.73 Å². The van der Waals surface area contributed by atoms with Crippen LogP contribution in [0.15, 0.2) is 48.5 Å². The zero-order chi connectivity index (χ0) is 14.6. The molecule has 2 aromatic rings. The van der Waals surface area contributed by atoms with Crippen LogP contribution in [0, 0.1) is 12.7 Å². The Labute approximate surface area is 117 Å². The SMILES string of the molecule is Cc1cccc(OCC(N)(CO)c2ccccc2)c1F. The van der Waals surface area contributed by atoms with E-state index in [-0.39, 0.29) is 19.0 Å². The smallest absolute Gasteiger partial charge is 0.167 e. The van der Waals surface area contributed by atoms with E-state index in [0.29, 0.717) is 5.56 Å². The fraction of sp³-hybridized carbons (Fsp3) is 0.250. The van der Waals surface area contributed by atoms with Crippen LogP contribution in [0.2, 0.25) is 0 Å². The molecule has 0 saturated carbocycles. The summed E-state index contributed by atoms with van der Waals surface area (Å²) in [5, 5.41) is 9.54. The number of hydrogen-bond donors (Lipinski definition) is 2. The number of ether oxygens (including phenoxy) is 1. The van der Waals surface area contributed by atoms with Gasteiger partial charge in [0.25, 0.3) is 0 Å². The number of nitrogens with two attached hydrogens (primary N) is 1. The zero-order valence-electron chi connectivity index (χ0n) is 11.3. The lowest BCUT2D eigenvalue weighted by Gasteiger charge is -2.27. The van der Waals surface area contributed by atoms with Crippen molar-refractivity contribution in [1.82, 2.24) is 0 Å². The van der Waals surface area contributed by atoms with Crippen molar-refractivity contribution < 1.29 is 14.2 Å².